The molecule has 1 aromatic carbocycles. The predicted molar refractivity (Wildman–Crippen MR) is 75.2 cm³/mol. The van der Waals surface area contributed by atoms with Gasteiger partial charge in [0.25, 0.3) is 0 Å². The Morgan fingerprint density at radius 3 is 2.95 bits per heavy atom. The molecule has 0 amide bonds. The summed E-state index contributed by atoms with van der Waals surface area (Å²) in [6.45, 7) is 1.77. The second kappa shape index (κ2) is 4.74. The number of anilines is 1. The molecule has 3 nitrogen and oxygen atoms in total. The van der Waals surface area contributed by atoms with Crippen LogP contribution in [0.15, 0.2) is 42.0 Å². The summed E-state index contributed by atoms with van der Waals surface area (Å²) in [6.07, 6.45) is 3.01. The average molecular weight is 275 g/mol. The van der Waals surface area contributed by atoms with Crippen LogP contribution in [0.5, 0.6) is 0 Å². The first-order chi connectivity index (χ1) is 9.54. The molecular formula is C15H15F2N3. The summed E-state index contributed by atoms with van der Waals surface area (Å²) in [4.78, 5) is 0. The van der Waals surface area contributed by atoms with Crippen LogP contribution in [0.4, 0.5) is 14.6 Å². The molecule has 3 N–H and O–H groups in total. The molecule has 104 valence electrons. The van der Waals surface area contributed by atoms with Gasteiger partial charge in [0.05, 0.1) is 5.52 Å². The minimum Gasteiger partial charge on any atom is -0.382 e. The van der Waals surface area contributed by atoms with Crippen molar-refractivity contribution in [1.29, 1.82) is 0 Å². The second-order valence-electron chi connectivity index (χ2n) is 5.23. The van der Waals surface area contributed by atoms with Crippen LogP contribution in [0.2, 0.25) is 0 Å². The minimum atomic E-state index is -0.505. The molecule has 20 heavy (non-hydrogen) atoms. The Hall–Kier alpha value is -2.17. The highest BCUT2D eigenvalue weighted by atomic mass is 19.1. The van der Waals surface area contributed by atoms with E-state index in [1.54, 1.807) is 6.92 Å². The minimum absolute atomic E-state index is 0.189. The van der Waals surface area contributed by atoms with Gasteiger partial charge in [0.15, 0.2) is 5.82 Å². The quantitative estimate of drug-likeness (QED) is 0.878. The van der Waals surface area contributed by atoms with Crippen molar-refractivity contribution in [1.82, 2.24) is 10.2 Å². The summed E-state index contributed by atoms with van der Waals surface area (Å²) < 4.78 is 26.9. The number of hydrogen-bond donors (Lipinski definition) is 2. The van der Waals surface area contributed by atoms with Crippen molar-refractivity contribution in [3.05, 3.63) is 47.6 Å². The molecule has 1 heterocycles. The Morgan fingerprint density at radius 2 is 2.15 bits per heavy atom. The van der Waals surface area contributed by atoms with Crippen LogP contribution in [0.3, 0.4) is 0 Å². The molecule has 0 aliphatic heterocycles. The third-order valence-electron chi connectivity index (χ3n) is 3.85. The largest absolute Gasteiger partial charge is 0.382 e. The Balaban J connectivity index is 1.89. The summed E-state index contributed by atoms with van der Waals surface area (Å²) in [5.74, 6) is -0.975. The van der Waals surface area contributed by atoms with Gasteiger partial charge in [-0.1, -0.05) is 13.0 Å². The van der Waals surface area contributed by atoms with Crippen molar-refractivity contribution < 1.29 is 8.78 Å². The predicted octanol–water partition coefficient (Wildman–Crippen LogP) is 3.66. The number of halogens is 2. The molecule has 0 spiro atoms. The van der Waals surface area contributed by atoms with Crippen molar-refractivity contribution in [2.75, 3.05) is 5.73 Å². The third kappa shape index (κ3) is 2.19. The highest BCUT2D eigenvalue weighted by Crippen LogP contribution is 2.33. The summed E-state index contributed by atoms with van der Waals surface area (Å²) >= 11 is 0. The number of fused-ring (bicyclic) bond motifs is 1. The number of H-pyrrole nitrogens is 1. The molecule has 2 unspecified atom stereocenters. The zero-order valence-corrected chi connectivity index (χ0v) is 11.0. The summed E-state index contributed by atoms with van der Waals surface area (Å²) in [5, 5.41) is 7.60. The molecule has 2 aromatic rings. The van der Waals surface area contributed by atoms with Gasteiger partial charge in [-0.15, -0.1) is 0 Å². The van der Waals surface area contributed by atoms with Gasteiger partial charge < -0.3 is 5.73 Å². The number of nitrogens with two attached hydrogens (primary N) is 1. The van der Waals surface area contributed by atoms with Crippen LogP contribution < -0.4 is 5.73 Å². The van der Waals surface area contributed by atoms with E-state index in [2.05, 4.69) is 10.2 Å². The lowest BCUT2D eigenvalue weighted by molar-refractivity contribution is 0.381. The van der Waals surface area contributed by atoms with E-state index >= 15 is 0 Å². The van der Waals surface area contributed by atoms with E-state index in [-0.39, 0.29) is 11.8 Å². The molecule has 2 atom stereocenters. The molecule has 0 saturated carbocycles. The number of aromatic nitrogens is 2. The zero-order chi connectivity index (χ0) is 14.3. The molecule has 0 fully saturated rings. The number of benzene rings is 1. The summed E-state index contributed by atoms with van der Waals surface area (Å²) in [6, 6.07) is 5.73. The third-order valence-corrected chi connectivity index (χ3v) is 3.85. The van der Waals surface area contributed by atoms with Gasteiger partial charge in [-0.2, -0.15) is 5.10 Å². The van der Waals surface area contributed by atoms with E-state index in [9.17, 15) is 8.78 Å². The van der Waals surface area contributed by atoms with Gasteiger partial charge in [0, 0.05) is 17.4 Å². The summed E-state index contributed by atoms with van der Waals surface area (Å²) in [7, 11) is 0. The van der Waals surface area contributed by atoms with Crippen LogP contribution in [0.25, 0.3) is 10.9 Å². The fourth-order valence-electron chi connectivity index (χ4n) is 2.58. The van der Waals surface area contributed by atoms with Crippen LogP contribution in [0.1, 0.15) is 12.5 Å². The molecule has 1 aliphatic carbocycles. The van der Waals surface area contributed by atoms with Crippen LogP contribution in [-0.4, -0.2) is 10.2 Å². The Bertz CT molecular complexity index is 715. The van der Waals surface area contributed by atoms with Gasteiger partial charge in [0.2, 0.25) is 0 Å². The molecule has 1 aromatic heterocycles. The molecule has 5 heteroatoms. The Kier molecular flexibility index (Phi) is 3.04. The average Bonchev–Trinajstić information content (AvgIpc) is 2.77. The van der Waals surface area contributed by atoms with Crippen molar-refractivity contribution in [2.45, 2.75) is 13.3 Å². The fourth-order valence-corrected chi connectivity index (χ4v) is 2.58. The maximum atomic E-state index is 13.6. The maximum absolute atomic E-state index is 13.6. The van der Waals surface area contributed by atoms with Gasteiger partial charge >= 0.3 is 0 Å². The van der Waals surface area contributed by atoms with Gasteiger partial charge in [0.1, 0.15) is 11.7 Å². The van der Waals surface area contributed by atoms with Gasteiger partial charge in [-0.25, -0.2) is 8.78 Å². The lowest BCUT2D eigenvalue weighted by Crippen LogP contribution is -2.16. The highest BCUT2D eigenvalue weighted by molar-refractivity contribution is 5.88. The molecule has 0 bridgehead atoms. The van der Waals surface area contributed by atoms with Gasteiger partial charge in [-0.3, -0.25) is 5.10 Å². The molecule has 3 rings (SSSR count). The number of hydrogen-bond acceptors (Lipinski definition) is 2. The van der Waals surface area contributed by atoms with Crippen LogP contribution in [-0.2, 0) is 6.42 Å². The van der Waals surface area contributed by atoms with Crippen LogP contribution >= 0.6 is 0 Å². The zero-order valence-electron chi connectivity index (χ0n) is 11.0. The number of nitrogens with zero attached hydrogens (tertiary/aromatic N) is 1. The van der Waals surface area contributed by atoms with E-state index in [0.717, 1.165) is 22.5 Å². The van der Waals surface area contributed by atoms with E-state index in [4.69, 9.17) is 5.73 Å². The Labute approximate surface area is 115 Å². The van der Waals surface area contributed by atoms with Crippen molar-refractivity contribution in [2.24, 2.45) is 11.8 Å². The standard InChI is InChI=1S/C15H15F2N3/c1-8-10(6-11(16)7-13(8)17)4-9-2-3-14-12(5-9)15(18)20-19-14/h2-3,5-8,10H,4H2,1H3,(H3,18,19,20). The lowest BCUT2D eigenvalue weighted by Gasteiger charge is -2.23. The molecule has 0 radical (unpaired) electrons. The smallest absolute Gasteiger partial charge is 0.153 e. The SMILES string of the molecule is CC1C(F)=CC(F)=CC1Cc1ccc2[nH]nc(N)c2c1. The number of nitrogen functional groups attached to an aromatic ring is 1. The first kappa shape index (κ1) is 12.8. The van der Waals surface area contributed by atoms with Crippen molar-refractivity contribution in [3.8, 4) is 0 Å². The summed E-state index contributed by atoms with van der Waals surface area (Å²) in [5.41, 5.74) is 7.61. The second-order valence-corrected chi connectivity index (χ2v) is 5.23. The van der Waals surface area contributed by atoms with E-state index < -0.39 is 11.7 Å². The number of nitrogens with one attached hydrogen (secondary N) is 1. The molecular weight excluding hydrogens is 260 g/mol. The fraction of sp³-hybridized carbons (Fsp3) is 0.267. The first-order valence-electron chi connectivity index (χ1n) is 6.51. The molecule has 1 aliphatic rings. The van der Waals surface area contributed by atoms with Crippen molar-refractivity contribution >= 4 is 16.7 Å². The van der Waals surface area contributed by atoms with Crippen molar-refractivity contribution in [3.63, 3.8) is 0 Å². The van der Waals surface area contributed by atoms with Crippen LogP contribution in [0, 0.1) is 11.8 Å². The lowest BCUT2D eigenvalue weighted by atomic mass is 9.84. The number of rotatable bonds is 2. The van der Waals surface area contributed by atoms with E-state index in [1.165, 1.54) is 6.08 Å². The van der Waals surface area contributed by atoms with Gasteiger partial charge in [-0.05, 0) is 36.1 Å². The monoisotopic (exact) mass is 275 g/mol. The first-order valence-corrected chi connectivity index (χ1v) is 6.51. The normalized spacial score (nSPS) is 22.8. The van der Waals surface area contributed by atoms with E-state index in [1.807, 2.05) is 18.2 Å². The number of allylic oxidation sites excluding steroid dienone is 4. The van der Waals surface area contributed by atoms with E-state index in [0.29, 0.717) is 12.2 Å². The molecule has 0 saturated heterocycles. The topological polar surface area (TPSA) is 54.7 Å². The highest BCUT2D eigenvalue weighted by Gasteiger charge is 2.24. The number of aromatic amines is 1. The maximum Gasteiger partial charge on any atom is 0.153 e. The Morgan fingerprint density at radius 1 is 1.35 bits per heavy atom.